The van der Waals surface area contributed by atoms with Gasteiger partial charge in [-0.3, -0.25) is 14.9 Å². The summed E-state index contributed by atoms with van der Waals surface area (Å²) < 4.78 is 0. The highest BCUT2D eigenvalue weighted by atomic mass is 16.6. The van der Waals surface area contributed by atoms with Crippen LogP contribution in [0.3, 0.4) is 0 Å². The molecule has 0 radical (unpaired) electrons. The quantitative estimate of drug-likeness (QED) is 0.590. The van der Waals surface area contributed by atoms with E-state index in [1.165, 1.54) is 6.07 Å². The average molecular weight is 293 g/mol. The van der Waals surface area contributed by atoms with E-state index in [2.05, 4.69) is 5.32 Å². The van der Waals surface area contributed by atoms with Gasteiger partial charge in [0.15, 0.2) is 0 Å². The van der Waals surface area contributed by atoms with Gasteiger partial charge in [-0.15, -0.1) is 0 Å². The van der Waals surface area contributed by atoms with Gasteiger partial charge in [-0.25, -0.2) is 0 Å². The van der Waals surface area contributed by atoms with Gasteiger partial charge in [0, 0.05) is 44.2 Å². The Morgan fingerprint density at radius 3 is 2.62 bits per heavy atom. The lowest BCUT2D eigenvalue weighted by molar-refractivity contribution is -0.384. The summed E-state index contributed by atoms with van der Waals surface area (Å²) in [5.41, 5.74) is 0.930. The zero-order valence-electron chi connectivity index (χ0n) is 12.8. The van der Waals surface area contributed by atoms with E-state index in [9.17, 15) is 14.9 Å². The van der Waals surface area contributed by atoms with Crippen LogP contribution in [0.1, 0.15) is 38.8 Å². The number of rotatable bonds is 8. The van der Waals surface area contributed by atoms with E-state index in [4.69, 9.17) is 0 Å². The van der Waals surface area contributed by atoms with Crippen molar-refractivity contribution in [2.24, 2.45) is 0 Å². The number of carbonyl (C=O) groups excluding carboxylic acids is 1. The smallest absolute Gasteiger partial charge is 0.269 e. The molecule has 0 spiro atoms. The maximum atomic E-state index is 11.9. The number of nitro groups is 1. The fraction of sp³-hybridized carbons (Fsp3) is 0.533. The Kier molecular flexibility index (Phi) is 6.81. The molecule has 116 valence electrons. The lowest BCUT2D eigenvalue weighted by atomic mass is 10.1. The molecule has 6 heteroatoms. The molecule has 1 rings (SSSR count). The van der Waals surface area contributed by atoms with E-state index in [1.54, 1.807) is 17.0 Å². The first-order chi connectivity index (χ1) is 9.99. The highest BCUT2D eigenvalue weighted by Gasteiger charge is 2.12. The van der Waals surface area contributed by atoms with Crippen LogP contribution < -0.4 is 5.32 Å². The molecule has 1 N–H and O–H groups in total. The highest BCUT2D eigenvalue weighted by Crippen LogP contribution is 2.18. The van der Waals surface area contributed by atoms with Gasteiger partial charge in [0.05, 0.1) is 4.92 Å². The second kappa shape index (κ2) is 8.36. The first kappa shape index (κ1) is 17.1. The number of amides is 1. The maximum Gasteiger partial charge on any atom is 0.269 e. The molecular weight excluding hydrogens is 270 g/mol. The van der Waals surface area contributed by atoms with Gasteiger partial charge in [0.1, 0.15) is 0 Å². The largest absolute Gasteiger partial charge is 0.343 e. The lowest BCUT2D eigenvalue weighted by Crippen LogP contribution is -2.33. The van der Waals surface area contributed by atoms with Crippen molar-refractivity contribution in [3.05, 3.63) is 39.9 Å². The summed E-state index contributed by atoms with van der Waals surface area (Å²) in [6.45, 7) is 7.84. The molecule has 0 bridgehead atoms. The van der Waals surface area contributed by atoms with Gasteiger partial charge in [-0.2, -0.15) is 0 Å². The van der Waals surface area contributed by atoms with E-state index in [0.717, 1.165) is 18.7 Å². The van der Waals surface area contributed by atoms with Gasteiger partial charge < -0.3 is 10.2 Å². The van der Waals surface area contributed by atoms with Crippen molar-refractivity contribution in [2.75, 3.05) is 19.6 Å². The van der Waals surface area contributed by atoms with Crippen molar-refractivity contribution in [3.63, 3.8) is 0 Å². The predicted octanol–water partition coefficient (Wildman–Crippen LogP) is 2.50. The fourth-order valence-corrected chi connectivity index (χ4v) is 2.16. The fourth-order valence-electron chi connectivity index (χ4n) is 2.16. The number of hydrogen-bond acceptors (Lipinski definition) is 4. The summed E-state index contributed by atoms with van der Waals surface area (Å²) in [5.74, 6) is 0.124. The number of non-ortho nitro benzene ring substituents is 1. The third-order valence-corrected chi connectivity index (χ3v) is 3.49. The molecule has 0 saturated carbocycles. The summed E-state index contributed by atoms with van der Waals surface area (Å²) >= 11 is 0. The van der Waals surface area contributed by atoms with Crippen LogP contribution in [0.4, 0.5) is 5.69 Å². The Hall–Kier alpha value is -1.95. The van der Waals surface area contributed by atoms with E-state index >= 15 is 0 Å². The van der Waals surface area contributed by atoms with E-state index in [0.29, 0.717) is 13.0 Å². The van der Waals surface area contributed by atoms with Crippen molar-refractivity contribution in [1.29, 1.82) is 0 Å². The van der Waals surface area contributed by atoms with Crippen LogP contribution in [-0.2, 0) is 4.79 Å². The second-order valence-corrected chi connectivity index (χ2v) is 4.84. The molecule has 1 amide bonds. The van der Waals surface area contributed by atoms with Crippen LogP contribution >= 0.6 is 0 Å². The van der Waals surface area contributed by atoms with Crippen LogP contribution in [0, 0.1) is 10.1 Å². The Morgan fingerprint density at radius 1 is 1.38 bits per heavy atom. The molecule has 1 unspecified atom stereocenters. The van der Waals surface area contributed by atoms with E-state index in [1.807, 2.05) is 26.8 Å². The first-order valence-electron chi connectivity index (χ1n) is 7.25. The molecule has 1 aromatic rings. The molecule has 0 fully saturated rings. The zero-order valence-corrected chi connectivity index (χ0v) is 12.8. The minimum absolute atomic E-state index is 0.0330. The zero-order chi connectivity index (χ0) is 15.8. The predicted molar refractivity (Wildman–Crippen MR) is 82.1 cm³/mol. The number of carbonyl (C=O) groups is 1. The molecule has 21 heavy (non-hydrogen) atoms. The topological polar surface area (TPSA) is 75.5 Å². The van der Waals surface area contributed by atoms with Crippen molar-refractivity contribution < 1.29 is 9.72 Å². The summed E-state index contributed by atoms with van der Waals surface area (Å²) in [4.78, 5) is 24.0. The molecule has 0 aliphatic heterocycles. The Bertz CT molecular complexity index is 487. The highest BCUT2D eigenvalue weighted by molar-refractivity contribution is 5.76. The van der Waals surface area contributed by atoms with Gasteiger partial charge in [-0.1, -0.05) is 12.1 Å². The van der Waals surface area contributed by atoms with Crippen molar-refractivity contribution in [3.8, 4) is 0 Å². The molecule has 1 atom stereocenters. The van der Waals surface area contributed by atoms with Crippen LogP contribution in [0.2, 0.25) is 0 Å². The minimum Gasteiger partial charge on any atom is -0.343 e. The van der Waals surface area contributed by atoms with Crippen LogP contribution in [0.25, 0.3) is 0 Å². The summed E-state index contributed by atoms with van der Waals surface area (Å²) in [5, 5.41) is 14.0. The SMILES string of the molecule is CCN(CC)C(=O)CCNC(C)c1cccc([N+](=O)[O-])c1. The third kappa shape index (κ3) is 5.15. The molecule has 0 heterocycles. The molecule has 6 nitrogen and oxygen atoms in total. The number of benzene rings is 1. The lowest BCUT2D eigenvalue weighted by Gasteiger charge is -2.19. The van der Waals surface area contributed by atoms with Crippen molar-refractivity contribution in [1.82, 2.24) is 10.2 Å². The normalized spacial score (nSPS) is 12.0. The first-order valence-corrected chi connectivity index (χ1v) is 7.25. The number of nitro benzene ring substituents is 1. The molecular formula is C15H23N3O3. The Labute approximate surface area is 125 Å². The van der Waals surface area contributed by atoms with E-state index < -0.39 is 4.92 Å². The Balaban J connectivity index is 2.50. The molecule has 1 aromatic carbocycles. The van der Waals surface area contributed by atoms with Crippen LogP contribution in [0.5, 0.6) is 0 Å². The van der Waals surface area contributed by atoms with Crippen LogP contribution in [0.15, 0.2) is 24.3 Å². The summed E-state index contributed by atoms with van der Waals surface area (Å²) in [6, 6.07) is 6.52. The number of nitrogens with one attached hydrogen (secondary N) is 1. The summed E-state index contributed by atoms with van der Waals surface area (Å²) in [7, 11) is 0. The molecule has 0 aromatic heterocycles. The average Bonchev–Trinajstić information content (AvgIpc) is 2.48. The molecule has 0 aliphatic carbocycles. The van der Waals surface area contributed by atoms with Gasteiger partial charge in [0.25, 0.3) is 5.69 Å². The monoisotopic (exact) mass is 293 g/mol. The number of hydrogen-bond donors (Lipinski definition) is 1. The van der Waals surface area contributed by atoms with Crippen molar-refractivity contribution >= 4 is 11.6 Å². The van der Waals surface area contributed by atoms with Crippen molar-refractivity contribution in [2.45, 2.75) is 33.2 Å². The minimum atomic E-state index is -0.403. The maximum absolute atomic E-state index is 11.9. The van der Waals surface area contributed by atoms with Crippen LogP contribution in [-0.4, -0.2) is 35.4 Å². The molecule has 0 saturated heterocycles. The van der Waals surface area contributed by atoms with Gasteiger partial charge in [-0.05, 0) is 26.3 Å². The third-order valence-electron chi connectivity index (χ3n) is 3.49. The number of nitrogens with zero attached hydrogens (tertiary/aromatic N) is 2. The Morgan fingerprint density at radius 2 is 2.05 bits per heavy atom. The molecule has 0 aliphatic rings. The summed E-state index contributed by atoms with van der Waals surface area (Å²) in [6.07, 6.45) is 0.431. The standard InChI is InChI=1S/C15H23N3O3/c1-4-17(5-2)15(19)9-10-16-12(3)13-7-6-8-14(11-13)18(20)21/h6-8,11-12,16H,4-5,9-10H2,1-3H3. The van der Waals surface area contributed by atoms with E-state index in [-0.39, 0.29) is 17.6 Å². The van der Waals surface area contributed by atoms with Gasteiger partial charge in [0.2, 0.25) is 5.91 Å². The van der Waals surface area contributed by atoms with Gasteiger partial charge >= 0.3 is 0 Å². The second-order valence-electron chi connectivity index (χ2n) is 4.84.